The lowest BCUT2D eigenvalue weighted by molar-refractivity contribution is -0.116. The molecule has 0 unspecified atom stereocenters. The van der Waals surface area contributed by atoms with E-state index in [1.165, 1.54) is 37.0 Å². The molecule has 2 N–H and O–H groups in total. The van der Waals surface area contributed by atoms with Crippen LogP contribution in [0.15, 0.2) is 36.4 Å². The molecule has 0 atom stereocenters. The maximum atomic E-state index is 12.0. The molecule has 0 aliphatic carbocycles. The summed E-state index contributed by atoms with van der Waals surface area (Å²) in [6.07, 6.45) is 4.92. The van der Waals surface area contributed by atoms with Gasteiger partial charge in [-0.15, -0.1) is 0 Å². The average molecular weight is 369 g/mol. The Morgan fingerprint density at radius 1 is 1.07 bits per heavy atom. The summed E-state index contributed by atoms with van der Waals surface area (Å²) in [4.78, 5) is 12.0. The number of ether oxygens (including phenoxy) is 2. The van der Waals surface area contributed by atoms with Gasteiger partial charge in [-0.2, -0.15) is 0 Å². The molecule has 0 heterocycles. The molecular weight excluding hydrogens is 342 g/mol. The maximum Gasteiger partial charge on any atom is 0.243 e. The largest absolute Gasteiger partial charge is 0.502 e. The van der Waals surface area contributed by atoms with Gasteiger partial charge in [0.25, 0.3) is 0 Å². The molecule has 1 amide bonds. The summed E-state index contributed by atoms with van der Waals surface area (Å²) in [6, 6.07) is 9.74. The van der Waals surface area contributed by atoms with E-state index in [4.69, 9.17) is 9.47 Å². The van der Waals surface area contributed by atoms with Crippen molar-refractivity contribution in [2.24, 2.45) is 0 Å². The standard InChI is InChI=1S/C22H27NO4/c1-15-7-8-17(12-16(15)2)6-5-11-23-21(24)10-9-18-13-19(26-3)22(25)20(14-18)27-4/h7-10,12-14,25H,5-6,11H2,1-4H3,(H,23,24)/b10-9+. The Hall–Kier alpha value is -2.95. The van der Waals surface area contributed by atoms with Crippen molar-refractivity contribution in [2.45, 2.75) is 26.7 Å². The zero-order valence-electron chi connectivity index (χ0n) is 16.3. The van der Waals surface area contributed by atoms with Crippen molar-refractivity contribution in [3.05, 3.63) is 58.7 Å². The number of carbonyl (C=O) groups excluding carboxylic acids is 1. The lowest BCUT2D eigenvalue weighted by atomic mass is 10.0. The Morgan fingerprint density at radius 3 is 2.33 bits per heavy atom. The van der Waals surface area contributed by atoms with E-state index in [0.717, 1.165) is 12.8 Å². The summed E-state index contributed by atoms with van der Waals surface area (Å²) >= 11 is 0. The Balaban J connectivity index is 1.85. The Labute approximate surface area is 160 Å². The summed E-state index contributed by atoms with van der Waals surface area (Å²) in [5.41, 5.74) is 4.57. The first-order chi connectivity index (χ1) is 12.9. The fraction of sp³-hybridized carbons (Fsp3) is 0.318. The van der Waals surface area contributed by atoms with Crippen molar-refractivity contribution >= 4 is 12.0 Å². The van der Waals surface area contributed by atoms with Crippen LogP contribution in [0.1, 0.15) is 28.7 Å². The van der Waals surface area contributed by atoms with E-state index in [0.29, 0.717) is 23.6 Å². The summed E-state index contributed by atoms with van der Waals surface area (Å²) in [6.45, 7) is 4.82. The van der Waals surface area contributed by atoms with Gasteiger partial charge in [0.15, 0.2) is 11.5 Å². The van der Waals surface area contributed by atoms with Gasteiger partial charge in [-0.3, -0.25) is 4.79 Å². The third kappa shape index (κ3) is 5.78. The lowest BCUT2D eigenvalue weighted by Gasteiger charge is -2.09. The predicted molar refractivity (Wildman–Crippen MR) is 107 cm³/mol. The topological polar surface area (TPSA) is 67.8 Å². The van der Waals surface area contributed by atoms with Gasteiger partial charge < -0.3 is 19.9 Å². The maximum absolute atomic E-state index is 12.0. The number of amides is 1. The monoisotopic (exact) mass is 369 g/mol. The molecule has 5 nitrogen and oxygen atoms in total. The van der Waals surface area contributed by atoms with E-state index < -0.39 is 0 Å². The molecule has 5 heteroatoms. The predicted octanol–water partition coefficient (Wildman–Crippen LogP) is 3.79. The highest BCUT2D eigenvalue weighted by Gasteiger charge is 2.10. The summed E-state index contributed by atoms with van der Waals surface area (Å²) in [5, 5.41) is 12.8. The molecule has 0 aromatic heterocycles. The van der Waals surface area contributed by atoms with Crippen LogP contribution in [0.2, 0.25) is 0 Å². The quantitative estimate of drug-likeness (QED) is 0.549. The van der Waals surface area contributed by atoms with Gasteiger partial charge in [-0.05, 0) is 67.2 Å². The van der Waals surface area contributed by atoms with Crippen LogP contribution in [0.5, 0.6) is 17.2 Å². The zero-order valence-corrected chi connectivity index (χ0v) is 16.3. The highest BCUT2D eigenvalue weighted by Crippen LogP contribution is 2.37. The zero-order chi connectivity index (χ0) is 19.8. The highest BCUT2D eigenvalue weighted by molar-refractivity contribution is 5.91. The first kappa shape index (κ1) is 20.4. The van der Waals surface area contributed by atoms with Crippen molar-refractivity contribution in [1.82, 2.24) is 5.32 Å². The average Bonchev–Trinajstić information content (AvgIpc) is 2.67. The molecule has 2 rings (SSSR count). The van der Waals surface area contributed by atoms with Gasteiger partial charge in [-0.1, -0.05) is 18.2 Å². The van der Waals surface area contributed by atoms with E-state index in [-0.39, 0.29) is 11.7 Å². The van der Waals surface area contributed by atoms with Crippen LogP contribution < -0.4 is 14.8 Å². The number of hydrogen-bond acceptors (Lipinski definition) is 4. The molecule has 0 saturated heterocycles. The van der Waals surface area contributed by atoms with E-state index in [2.05, 4.69) is 37.4 Å². The van der Waals surface area contributed by atoms with Gasteiger partial charge in [0, 0.05) is 12.6 Å². The summed E-state index contributed by atoms with van der Waals surface area (Å²) in [5.74, 6) is 0.361. The molecular formula is C22H27NO4. The van der Waals surface area contributed by atoms with Crippen molar-refractivity contribution < 1.29 is 19.4 Å². The van der Waals surface area contributed by atoms with E-state index >= 15 is 0 Å². The minimum Gasteiger partial charge on any atom is -0.502 e. The molecule has 0 aliphatic rings. The van der Waals surface area contributed by atoms with E-state index in [9.17, 15) is 9.90 Å². The van der Waals surface area contributed by atoms with Crippen LogP contribution in [0.25, 0.3) is 6.08 Å². The minimum atomic E-state index is -0.166. The number of aryl methyl sites for hydroxylation is 3. The lowest BCUT2D eigenvalue weighted by Crippen LogP contribution is -2.22. The third-order valence-corrected chi connectivity index (χ3v) is 4.44. The van der Waals surface area contributed by atoms with E-state index in [1.54, 1.807) is 18.2 Å². The fourth-order valence-corrected chi connectivity index (χ4v) is 2.70. The van der Waals surface area contributed by atoms with Crippen molar-refractivity contribution in [3.8, 4) is 17.2 Å². The first-order valence-electron chi connectivity index (χ1n) is 8.91. The molecule has 0 fully saturated rings. The van der Waals surface area contributed by atoms with Gasteiger partial charge in [0.05, 0.1) is 14.2 Å². The number of methoxy groups -OCH3 is 2. The number of phenols is 1. The number of hydrogen-bond donors (Lipinski definition) is 2. The smallest absolute Gasteiger partial charge is 0.243 e. The number of nitrogens with one attached hydrogen (secondary N) is 1. The number of aromatic hydroxyl groups is 1. The fourth-order valence-electron chi connectivity index (χ4n) is 2.70. The summed E-state index contributed by atoms with van der Waals surface area (Å²) < 4.78 is 10.2. The summed E-state index contributed by atoms with van der Waals surface area (Å²) in [7, 11) is 2.93. The molecule has 0 saturated carbocycles. The number of phenolic OH excluding ortho intramolecular Hbond substituents is 1. The molecule has 144 valence electrons. The molecule has 0 aliphatic heterocycles. The van der Waals surface area contributed by atoms with Crippen LogP contribution in [0, 0.1) is 13.8 Å². The molecule has 0 bridgehead atoms. The van der Waals surface area contributed by atoms with Crippen LogP contribution in [-0.2, 0) is 11.2 Å². The van der Waals surface area contributed by atoms with Crippen LogP contribution in [0.3, 0.4) is 0 Å². The van der Waals surface area contributed by atoms with Gasteiger partial charge in [0.2, 0.25) is 11.7 Å². The van der Waals surface area contributed by atoms with Crippen molar-refractivity contribution in [2.75, 3.05) is 20.8 Å². The second-order valence-corrected chi connectivity index (χ2v) is 6.42. The molecule has 0 spiro atoms. The third-order valence-electron chi connectivity index (χ3n) is 4.44. The molecule has 2 aromatic rings. The van der Waals surface area contributed by atoms with Crippen LogP contribution in [0.4, 0.5) is 0 Å². The molecule has 0 radical (unpaired) electrons. The van der Waals surface area contributed by atoms with Crippen molar-refractivity contribution in [1.29, 1.82) is 0 Å². The van der Waals surface area contributed by atoms with Gasteiger partial charge >= 0.3 is 0 Å². The normalized spacial score (nSPS) is 10.8. The van der Waals surface area contributed by atoms with Crippen molar-refractivity contribution in [3.63, 3.8) is 0 Å². The Morgan fingerprint density at radius 2 is 1.74 bits per heavy atom. The molecule has 27 heavy (non-hydrogen) atoms. The van der Waals surface area contributed by atoms with Gasteiger partial charge in [0.1, 0.15) is 0 Å². The van der Waals surface area contributed by atoms with E-state index in [1.807, 2.05) is 0 Å². The highest BCUT2D eigenvalue weighted by atomic mass is 16.5. The number of rotatable bonds is 8. The first-order valence-corrected chi connectivity index (χ1v) is 8.91. The van der Waals surface area contributed by atoms with Crippen LogP contribution in [-0.4, -0.2) is 31.8 Å². The molecule has 2 aromatic carbocycles. The SMILES string of the molecule is COc1cc(/C=C/C(=O)NCCCc2ccc(C)c(C)c2)cc(OC)c1O. The Kier molecular flexibility index (Phi) is 7.29. The van der Waals surface area contributed by atoms with Gasteiger partial charge in [-0.25, -0.2) is 0 Å². The number of benzene rings is 2. The second kappa shape index (κ2) is 9.67. The van der Waals surface area contributed by atoms with Crippen LogP contribution >= 0.6 is 0 Å². The number of carbonyl (C=O) groups is 1. The minimum absolute atomic E-state index is 0.0621. The Bertz CT molecular complexity index is 802. The second-order valence-electron chi connectivity index (χ2n) is 6.42.